The van der Waals surface area contributed by atoms with Crippen LogP contribution in [0.25, 0.3) is 0 Å². The highest BCUT2D eigenvalue weighted by Gasteiger charge is 2.11. The van der Waals surface area contributed by atoms with Crippen molar-refractivity contribution in [2.24, 2.45) is 0 Å². The Labute approximate surface area is 102 Å². The molecule has 5 heteroatoms. The Bertz CT molecular complexity index is 485. The molecule has 0 spiro atoms. The van der Waals surface area contributed by atoms with Gasteiger partial charge in [0.05, 0.1) is 0 Å². The lowest BCUT2D eigenvalue weighted by atomic mass is 10.1. The van der Waals surface area contributed by atoms with E-state index in [0.29, 0.717) is 12.1 Å². The standard InChI is InChI=1S/C12H12F2N2S/c1-8(16-7-12-15-4-5-17-12)10-3-2-9(13)6-11(10)14/h2-6,8,16H,7H2,1H3. The first kappa shape index (κ1) is 12.1. The first-order valence-electron chi connectivity index (χ1n) is 5.23. The molecule has 2 rings (SSSR count). The summed E-state index contributed by atoms with van der Waals surface area (Å²) in [5.41, 5.74) is 0.461. The van der Waals surface area contributed by atoms with Crippen LogP contribution in [0, 0.1) is 11.6 Å². The quantitative estimate of drug-likeness (QED) is 0.905. The van der Waals surface area contributed by atoms with Crippen LogP contribution >= 0.6 is 11.3 Å². The fraction of sp³-hybridized carbons (Fsp3) is 0.250. The van der Waals surface area contributed by atoms with Gasteiger partial charge in [-0.05, 0) is 13.0 Å². The average molecular weight is 254 g/mol. The van der Waals surface area contributed by atoms with Crippen molar-refractivity contribution in [2.45, 2.75) is 19.5 Å². The molecular weight excluding hydrogens is 242 g/mol. The number of rotatable bonds is 4. The minimum atomic E-state index is -0.557. The molecule has 0 saturated carbocycles. The van der Waals surface area contributed by atoms with E-state index in [9.17, 15) is 8.78 Å². The summed E-state index contributed by atoms with van der Waals surface area (Å²) in [6.45, 7) is 2.42. The van der Waals surface area contributed by atoms with Gasteiger partial charge in [-0.15, -0.1) is 11.3 Å². The second-order valence-electron chi connectivity index (χ2n) is 3.69. The molecule has 90 valence electrons. The molecule has 0 aliphatic carbocycles. The molecular formula is C12H12F2N2S. The molecule has 0 aliphatic heterocycles. The number of nitrogens with zero attached hydrogens (tertiary/aromatic N) is 1. The second-order valence-corrected chi connectivity index (χ2v) is 4.67. The molecule has 0 fully saturated rings. The van der Waals surface area contributed by atoms with Crippen LogP contribution < -0.4 is 5.32 Å². The maximum absolute atomic E-state index is 13.5. The molecule has 1 atom stereocenters. The van der Waals surface area contributed by atoms with Crippen LogP contribution in [0.5, 0.6) is 0 Å². The van der Waals surface area contributed by atoms with Crippen molar-refractivity contribution >= 4 is 11.3 Å². The molecule has 0 bridgehead atoms. The van der Waals surface area contributed by atoms with E-state index < -0.39 is 11.6 Å². The van der Waals surface area contributed by atoms with E-state index >= 15 is 0 Å². The van der Waals surface area contributed by atoms with Crippen molar-refractivity contribution in [1.82, 2.24) is 10.3 Å². The van der Waals surface area contributed by atoms with Crippen LogP contribution in [0.4, 0.5) is 8.78 Å². The van der Waals surface area contributed by atoms with Gasteiger partial charge in [0.1, 0.15) is 16.6 Å². The van der Waals surface area contributed by atoms with Gasteiger partial charge in [-0.3, -0.25) is 0 Å². The minimum absolute atomic E-state index is 0.181. The van der Waals surface area contributed by atoms with Crippen molar-refractivity contribution < 1.29 is 8.78 Å². The van der Waals surface area contributed by atoms with Gasteiger partial charge < -0.3 is 5.32 Å². The normalized spacial score (nSPS) is 12.6. The van der Waals surface area contributed by atoms with E-state index in [-0.39, 0.29) is 6.04 Å². The molecule has 17 heavy (non-hydrogen) atoms. The Morgan fingerprint density at radius 3 is 2.88 bits per heavy atom. The third kappa shape index (κ3) is 3.08. The summed E-state index contributed by atoms with van der Waals surface area (Å²) in [5.74, 6) is -1.08. The molecule has 0 radical (unpaired) electrons. The van der Waals surface area contributed by atoms with E-state index in [1.807, 2.05) is 12.3 Å². The van der Waals surface area contributed by atoms with Gasteiger partial charge >= 0.3 is 0 Å². The summed E-state index contributed by atoms with van der Waals surface area (Å²) < 4.78 is 26.2. The molecule has 0 aliphatic rings. The first-order chi connectivity index (χ1) is 8.16. The molecule has 1 N–H and O–H groups in total. The maximum Gasteiger partial charge on any atom is 0.130 e. The number of benzene rings is 1. The summed E-state index contributed by atoms with van der Waals surface area (Å²) in [6, 6.07) is 3.45. The average Bonchev–Trinajstić information content (AvgIpc) is 2.78. The van der Waals surface area contributed by atoms with E-state index in [2.05, 4.69) is 10.3 Å². The highest BCUT2D eigenvalue weighted by Crippen LogP contribution is 2.18. The van der Waals surface area contributed by atoms with Gasteiger partial charge in [-0.25, -0.2) is 13.8 Å². The lowest BCUT2D eigenvalue weighted by Gasteiger charge is -2.14. The van der Waals surface area contributed by atoms with Crippen LogP contribution in [-0.4, -0.2) is 4.98 Å². The first-order valence-corrected chi connectivity index (χ1v) is 6.11. The Hall–Kier alpha value is -1.33. The number of halogens is 2. The molecule has 2 nitrogen and oxygen atoms in total. The van der Waals surface area contributed by atoms with Gasteiger partial charge in [0.15, 0.2) is 0 Å². The lowest BCUT2D eigenvalue weighted by Crippen LogP contribution is -2.19. The highest BCUT2D eigenvalue weighted by molar-refractivity contribution is 7.09. The predicted molar refractivity (Wildman–Crippen MR) is 63.7 cm³/mol. The Morgan fingerprint density at radius 1 is 1.41 bits per heavy atom. The van der Waals surface area contributed by atoms with Gasteiger partial charge in [0, 0.05) is 35.8 Å². The summed E-state index contributed by atoms with van der Waals surface area (Å²) in [7, 11) is 0. The number of hydrogen-bond donors (Lipinski definition) is 1. The van der Waals surface area contributed by atoms with E-state index in [1.165, 1.54) is 23.5 Å². The van der Waals surface area contributed by atoms with Crippen molar-refractivity contribution in [2.75, 3.05) is 0 Å². The minimum Gasteiger partial charge on any atom is -0.304 e. The van der Waals surface area contributed by atoms with Crippen molar-refractivity contribution in [1.29, 1.82) is 0 Å². The molecule has 2 aromatic rings. The van der Waals surface area contributed by atoms with Crippen LogP contribution in [-0.2, 0) is 6.54 Å². The zero-order valence-electron chi connectivity index (χ0n) is 9.28. The van der Waals surface area contributed by atoms with Crippen molar-refractivity contribution in [3.63, 3.8) is 0 Å². The number of hydrogen-bond acceptors (Lipinski definition) is 3. The Morgan fingerprint density at radius 2 is 2.24 bits per heavy atom. The summed E-state index contributed by atoms with van der Waals surface area (Å²) in [4.78, 5) is 4.12. The van der Waals surface area contributed by atoms with Gasteiger partial charge in [0.2, 0.25) is 0 Å². The van der Waals surface area contributed by atoms with Crippen LogP contribution in [0.2, 0.25) is 0 Å². The van der Waals surface area contributed by atoms with Crippen molar-refractivity contribution in [3.05, 3.63) is 52.0 Å². The highest BCUT2D eigenvalue weighted by atomic mass is 32.1. The monoisotopic (exact) mass is 254 g/mol. The molecule has 1 unspecified atom stereocenters. The molecule has 1 heterocycles. The zero-order valence-corrected chi connectivity index (χ0v) is 10.1. The van der Waals surface area contributed by atoms with E-state index in [4.69, 9.17) is 0 Å². The number of thiazole rings is 1. The molecule has 0 amide bonds. The maximum atomic E-state index is 13.5. The topological polar surface area (TPSA) is 24.9 Å². The summed E-state index contributed by atoms with van der Waals surface area (Å²) >= 11 is 1.54. The lowest BCUT2D eigenvalue weighted by molar-refractivity contribution is 0.517. The molecule has 0 saturated heterocycles. The fourth-order valence-electron chi connectivity index (χ4n) is 1.54. The van der Waals surface area contributed by atoms with Gasteiger partial charge in [-0.1, -0.05) is 6.07 Å². The molecule has 1 aromatic carbocycles. The third-order valence-corrected chi connectivity index (χ3v) is 3.25. The number of nitrogens with one attached hydrogen (secondary N) is 1. The predicted octanol–water partition coefficient (Wildman–Crippen LogP) is 3.27. The summed E-state index contributed by atoms with van der Waals surface area (Å²) in [6.07, 6.45) is 1.73. The number of aromatic nitrogens is 1. The third-order valence-electron chi connectivity index (χ3n) is 2.47. The second kappa shape index (κ2) is 5.33. The van der Waals surface area contributed by atoms with Gasteiger partial charge in [-0.2, -0.15) is 0 Å². The van der Waals surface area contributed by atoms with Crippen molar-refractivity contribution in [3.8, 4) is 0 Å². The Kier molecular flexibility index (Phi) is 3.81. The largest absolute Gasteiger partial charge is 0.304 e. The van der Waals surface area contributed by atoms with Gasteiger partial charge in [0.25, 0.3) is 0 Å². The van der Waals surface area contributed by atoms with Crippen LogP contribution in [0.3, 0.4) is 0 Å². The van der Waals surface area contributed by atoms with Crippen LogP contribution in [0.15, 0.2) is 29.8 Å². The summed E-state index contributed by atoms with van der Waals surface area (Å²) in [5, 5.41) is 5.98. The zero-order chi connectivity index (χ0) is 12.3. The fourth-order valence-corrected chi connectivity index (χ4v) is 2.11. The SMILES string of the molecule is CC(NCc1nccs1)c1ccc(F)cc1F. The van der Waals surface area contributed by atoms with E-state index in [1.54, 1.807) is 6.20 Å². The van der Waals surface area contributed by atoms with Crippen LogP contribution in [0.1, 0.15) is 23.5 Å². The molecule has 1 aromatic heterocycles. The smallest absolute Gasteiger partial charge is 0.130 e. The Balaban J connectivity index is 2.01. The van der Waals surface area contributed by atoms with E-state index in [0.717, 1.165) is 11.1 Å².